The number of carbonyl (C=O) groups excluding carboxylic acids is 1. The van der Waals surface area contributed by atoms with E-state index in [1.165, 1.54) is 0 Å². The first-order valence-electron chi connectivity index (χ1n) is 11.5. The van der Waals surface area contributed by atoms with Crippen LogP contribution in [0.5, 0.6) is 5.75 Å². The van der Waals surface area contributed by atoms with Crippen molar-refractivity contribution in [3.8, 4) is 28.6 Å². The van der Waals surface area contributed by atoms with Crippen LogP contribution >= 0.6 is 11.6 Å². The molecule has 0 fully saturated rings. The monoisotopic (exact) mass is 481 g/mol. The van der Waals surface area contributed by atoms with Crippen molar-refractivity contribution in [2.45, 2.75) is 53.2 Å². The van der Waals surface area contributed by atoms with Crippen LogP contribution in [-0.2, 0) is 22.5 Å². The Morgan fingerprint density at radius 2 is 2.03 bits per heavy atom. The van der Waals surface area contributed by atoms with Gasteiger partial charge in [-0.3, -0.25) is 4.79 Å². The average Bonchev–Trinajstić information content (AvgIpc) is 3.44. The summed E-state index contributed by atoms with van der Waals surface area (Å²) in [5.41, 5.74) is 3.67. The molecule has 0 saturated heterocycles. The summed E-state index contributed by atoms with van der Waals surface area (Å²) in [5.74, 6) is 1.29. The lowest BCUT2D eigenvalue weighted by molar-refractivity contribution is -0.143. The maximum atomic E-state index is 11.9. The van der Waals surface area contributed by atoms with Gasteiger partial charge in [-0.25, -0.2) is 0 Å². The van der Waals surface area contributed by atoms with Crippen molar-refractivity contribution in [1.82, 2.24) is 14.7 Å². The third-order valence-electron chi connectivity index (χ3n) is 5.43. The van der Waals surface area contributed by atoms with Crippen LogP contribution in [0.4, 0.5) is 0 Å². The molecular weight excluding hydrogens is 454 g/mol. The highest BCUT2D eigenvalue weighted by Gasteiger charge is 2.19. The van der Waals surface area contributed by atoms with E-state index in [1.54, 1.807) is 12.1 Å². The molecular formula is C26H28ClN3O4. The van der Waals surface area contributed by atoms with Crippen molar-refractivity contribution in [2.75, 3.05) is 6.61 Å². The number of hydrogen-bond acceptors (Lipinski definition) is 6. The minimum Gasteiger partial charge on any atom is -0.489 e. The van der Waals surface area contributed by atoms with Gasteiger partial charge in [0.2, 0.25) is 5.82 Å². The zero-order valence-electron chi connectivity index (χ0n) is 19.8. The van der Waals surface area contributed by atoms with Gasteiger partial charge in [-0.1, -0.05) is 28.9 Å². The number of fused-ring (bicyclic) bond motifs is 1. The standard InChI is InChI=1S/C26H28ClN3O4/c1-5-30-15-18(11-13-23(31)32-6-2)19-8-7-9-20(24(19)30)25-28-26(34-29-25)17-10-12-22(21(27)14-17)33-16(3)4/h7-10,12,14-16H,5-6,11,13H2,1-4H3. The van der Waals surface area contributed by atoms with Crippen LogP contribution in [0.1, 0.15) is 39.7 Å². The number of esters is 1. The maximum absolute atomic E-state index is 11.9. The van der Waals surface area contributed by atoms with Crippen LogP contribution in [0, 0.1) is 0 Å². The molecule has 0 aliphatic heterocycles. The Bertz CT molecular complexity index is 1310. The van der Waals surface area contributed by atoms with Gasteiger partial charge in [0.25, 0.3) is 5.89 Å². The lowest BCUT2D eigenvalue weighted by Crippen LogP contribution is -2.05. The fourth-order valence-electron chi connectivity index (χ4n) is 3.97. The molecule has 2 heterocycles. The summed E-state index contributed by atoms with van der Waals surface area (Å²) in [6.07, 6.45) is 3.05. The van der Waals surface area contributed by atoms with Crippen molar-refractivity contribution in [3.63, 3.8) is 0 Å². The maximum Gasteiger partial charge on any atom is 0.306 e. The number of nitrogens with zero attached hydrogens (tertiary/aromatic N) is 3. The molecule has 4 aromatic rings. The Kier molecular flexibility index (Phi) is 7.22. The minimum absolute atomic E-state index is 0.0239. The van der Waals surface area contributed by atoms with Gasteiger partial charge in [-0.2, -0.15) is 4.98 Å². The first-order valence-corrected chi connectivity index (χ1v) is 11.9. The quantitative estimate of drug-likeness (QED) is 0.260. The van der Waals surface area contributed by atoms with Crippen LogP contribution in [0.2, 0.25) is 5.02 Å². The van der Waals surface area contributed by atoms with Crippen LogP contribution in [-0.4, -0.2) is 33.4 Å². The van der Waals surface area contributed by atoms with E-state index in [4.69, 9.17) is 25.6 Å². The molecule has 178 valence electrons. The number of hydrogen-bond donors (Lipinski definition) is 0. The Balaban J connectivity index is 1.67. The molecule has 8 heteroatoms. The van der Waals surface area contributed by atoms with Gasteiger partial charge >= 0.3 is 5.97 Å². The Hall–Kier alpha value is -3.32. The van der Waals surface area contributed by atoms with E-state index in [9.17, 15) is 4.79 Å². The van der Waals surface area contributed by atoms with E-state index in [0.29, 0.717) is 47.5 Å². The molecule has 2 aromatic carbocycles. The number of ether oxygens (including phenoxy) is 2. The topological polar surface area (TPSA) is 79.4 Å². The van der Waals surface area contributed by atoms with Crippen LogP contribution in [0.3, 0.4) is 0 Å². The number of halogens is 1. The second-order valence-electron chi connectivity index (χ2n) is 8.18. The van der Waals surface area contributed by atoms with Crippen molar-refractivity contribution < 1.29 is 18.8 Å². The van der Waals surface area contributed by atoms with Gasteiger partial charge in [0.05, 0.1) is 23.3 Å². The molecule has 0 saturated carbocycles. The van der Waals surface area contributed by atoms with Crippen molar-refractivity contribution >= 4 is 28.5 Å². The zero-order chi connectivity index (χ0) is 24.2. The molecule has 0 aliphatic carbocycles. The van der Waals surface area contributed by atoms with E-state index in [1.807, 2.05) is 39.0 Å². The zero-order valence-corrected chi connectivity index (χ0v) is 20.6. The molecule has 0 bridgehead atoms. The van der Waals surface area contributed by atoms with Crippen molar-refractivity contribution in [2.24, 2.45) is 0 Å². The van der Waals surface area contributed by atoms with E-state index >= 15 is 0 Å². The summed E-state index contributed by atoms with van der Waals surface area (Å²) in [5, 5.41) is 5.80. The third-order valence-corrected chi connectivity index (χ3v) is 5.73. The fraction of sp³-hybridized carbons (Fsp3) is 0.346. The highest BCUT2D eigenvalue weighted by molar-refractivity contribution is 6.32. The Labute approximate surface area is 203 Å². The molecule has 0 amide bonds. The van der Waals surface area contributed by atoms with E-state index in [2.05, 4.69) is 33.9 Å². The van der Waals surface area contributed by atoms with Crippen LogP contribution in [0.25, 0.3) is 33.7 Å². The second-order valence-corrected chi connectivity index (χ2v) is 8.59. The summed E-state index contributed by atoms with van der Waals surface area (Å²) in [6.45, 7) is 8.94. The normalized spacial score (nSPS) is 11.4. The van der Waals surface area contributed by atoms with Crippen LogP contribution < -0.4 is 4.74 Å². The number of aromatic nitrogens is 3. The third kappa shape index (κ3) is 4.94. The molecule has 0 spiro atoms. The van der Waals surface area contributed by atoms with Gasteiger partial charge < -0.3 is 18.6 Å². The fourth-order valence-corrected chi connectivity index (χ4v) is 4.19. The number of aryl methyl sites for hydroxylation is 2. The van der Waals surface area contributed by atoms with Gasteiger partial charge in [0.15, 0.2) is 0 Å². The SMILES string of the molecule is CCOC(=O)CCc1cn(CC)c2c(-c3noc(-c4ccc(OC(C)C)c(Cl)c4)n3)cccc12. The molecule has 2 aromatic heterocycles. The first kappa shape index (κ1) is 23.8. The van der Waals surface area contributed by atoms with Gasteiger partial charge in [-0.05, 0) is 63.9 Å². The summed E-state index contributed by atoms with van der Waals surface area (Å²) in [4.78, 5) is 16.5. The highest BCUT2D eigenvalue weighted by atomic mass is 35.5. The summed E-state index contributed by atoms with van der Waals surface area (Å²) in [6, 6.07) is 11.4. The molecule has 0 aliphatic rings. The smallest absolute Gasteiger partial charge is 0.306 e. The van der Waals surface area contributed by atoms with Crippen molar-refractivity contribution in [1.29, 1.82) is 0 Å². The molecule has 7 nitrogen and oxygen atoms in total. The lowest BCUT2D eigenvalue weighted by atomic mass is 10.1. The van der Waals surface area contributed by atoms with Gasteiger partial charge in [-0.15, -0.1) is 0 Å². The van der Waals surface area contributed by atoms with E-state index in [-0.39, 0.29) is 12.1 Å². The predicted octanol–water partition coefficient (Wildman–Crippen LogP) is 6.31. The van der Waals surface area contributed by atoms with E-state index < -0.39 is 0 Å². The van der Waals surface area contributed by atoms with Gasteiger partial charge in [0.1, 0.15) is 5.75 Å². The summed E-state index contributed by atoms with van der Waals surface area (Å²) >= 11 is 6.39. The number of benzene rings is 2. The molecule has 4 rings (SSSR count). The predicted molar refractivity (Wildman–Crippen MR) is 132 cm³/mol. The molecule has 34 heavy (non-hydrogen) atoms. The van der Waals surface area contributed by atoms with Crippen LogP contribution in [0.15, 0.2) is 47.1 Å². The number of para-hydroxylation sites is 1. The first-order chi connectivity index (χ1) is 16.4. The Morgan fingerprint density at radius 1 is 1.21 bits per heavy atom. The molecule has 0 atom stereocenters. The lowest BCUT2D eigenvalue weighted by Gasteiger charge is -2.11. The number of rotatable bonds is 9. The second kappa shape index (κ2) is 10.3. The molecule has 0 radical (unpaired) electrons. The summed E-state index contributed by atoms with van der Waals surface area (Å²) < 4.78 is 18.5. The number of carbonyl (C=O) groups is 1. The largest absolute Gasteiger partial charge is 0.489 e. The van der Waals surface area contributed by atoms with Gasteiger partial charge in [0, 0.05) is 35.7 Å². The molecule has 0 N–H and O–H groups in total. The Morgan fingerprint density at radius 3 is 2.74 bits per heavy atom. The van der Waals surface area contributed by atoms with E-state index in [0.717, 1.165) is 28.6 Å². The van der Waals surface area contributed by atoms with Crippen molar-refractivity contribution in [3.05, 3.63) is 53.2 Å². The minimum atomic E-state index is -0.192. The molecule has 0 unspecified atom stereocenters. The highest BCUT2D eigenvalue weighted by Crippen LogP contribution is 2.34. The summed E-state index contributed by atoms with van der Waals surface area (Å²) in [7, 11) is 0. The average molecular weight is 482 g/mol.